The van der Waals surface area contributed by atoms with Crippen LogP contribution in [0.4, 0.5) is 5.69 Å². The van der Waals surface area contributed by atoms with E-state index < -0.39 is 5.92 Å². The van der Waals surface area contributed by atoms with Crippen molar-refractivity contribution in [1.82, 2.24) is 0 Å². The molecule has 0 saturated carbocycles. The average Bonchev–Trinajstić information content (AvgIpc) is 2.34. The summed E-state index contributed by atoms with van der Waals surface area (Å²) in [6.45, 7) is 5.46. The first-order valence-electron chi connectivity index (χ1n) is 5.91. The quantitative estimate of drug-likeness (QED) is 0.343. The van der Waals surface area contributed by atoms with E-state index in [4.69, 9.17) is 22.5 Å². The van der Waals surface area contributed by atoms with Crippen molar-refractivity contribution in [2.45, 2.75) is 20.8 Å². The summed E-state index contributed by atoms with van der Waals surface area (Å²) < 4.78 is 0. The molecule has 1 aromatic carbocycles. The maximum Gasteiger partial charge on any atom is 0.235 e. The molecular weight excluding hydrogens is 266 g/mol. The van der Waals surface area contributed by atoms with E-state index in [0.29, 0.717) is 10.7 Å². The van der Waals surface area contributed by atoms with Crippen molar-refractivity contribution in [3.63, 3.8) is 0 Å². The van der Waals surface area contributed by atoms with Crippen molar-refractivity contribution in [2.24, 2.45) is 22.7 Å². The summed E-state index contributed by atoms with van der Waals surface area (Å²) >= 11 is 5.99. The third-order valence-electron chi connectivity index (χ3n) is 2.91. The normalized spacial score (nSPS) is 13.4. The van der Waals surface area contributed by atoms with E-state index in [9.17, 15) is 4.79 Å². The minimum absolute atomic E-state index is 0.0876. The SMILES string of the molecule is Cc1c(Cl)cccc1NC(=O)C(C(N)=NO)C(C)C. The van der Waals surface area contributed by atoms with Crippen LogP contribution in [0, 0.1) is 18.8 Å². The second kappa shape index (κ2) is 6.43. The molecule has 19 heavy (non-hydrogen) atoms. The van der Waals surface area contributed by atoms with Gasteiger partial charge in [0.05, 0.1) is 0 Å². The Labute approximate surface area is 117 Å². The molecule has 0 saturated heterocycles. The third-order valence-corrected chi connectivity index (χ3v) is 3.32. The Hall–Kier alpha value is -1.75. The van der Waals surface area contributed by atoms with Gasteiger partial charge in [0.15, 0.2) is 5.84 Å². The maximum absolute atomic E-state index is 12.2. The lowest BCUT2D eigenvalue weighted by Gasteiger charge is -2.19. The van der Waals surface area contributed by atoms with E-state index >= 15 is 0 Å². The van der Waals surface area contributed by atoms with Crippen LogP contribution in [-0.2, 0) is 4.79 Å². The summed E-state index contributed by atoms with van der Waals surface area (Å²) in [5.41, 5.74) is 6.95. The molecule has 1 unspecified atom stereocenters. The maximum atomic E-state index is 12.2. The Morgan fingerprint density at radius 3 is 2.63 bits per heavy atom. The highest BCUT2D eigenvalue weighted by atomic mass is 35.5. The van der Waals surface area contributed by atoms with Gasteiger partial charge in [0.1, 0.15) is 5.92 Å². The highest BCUT2D eigenvalue weighted by molar-refractivity contribution is 6.31. The molecule has 104 valence electrons. The number of amidine groups is 1. The predicted molar refractivity (Wildman–Crippen MR) is 76.6 cm³/mol. The molecule has 4 N–H and O–H groups in total. The number of oxime groups is 1. The van der Waals surface area contributed by atoms with Gasteiger partial charge in [-0.25, -0.2) is 0 Å². The molecule has 1 amide bonds. The largest absolute Gasteiger partial charge is 0.409 e. The number of carbonyl (C=O) groups excluding carboxylic acids is 1. The zero-order valence-electron chi connectivity index (χ0n) is 11.1. The molecule has 1 aromatic rings. The first kappa shape index (κ1) is 15.3. The van der Waals surface area contributed by atoms with Gasteiger partial charge in [-0.1, -0.05) is 36.7 Å². The van der Waals surface area contributed by atoms with Crippen molar-refractivity contribution < 1.29 is 10.0 Å². The Balaban J connectivity index is 2.97. The van der Waals surface area contributed by atoms with Gasteiger partial charge in [0, 0.05) is 10.7 Å². The minimum atomic E-state index is -0.691. The summed E-state index contributed by atoms with van der Waals surface area (Å²) in [5.74, 6) is -1.21. The number of amides is 1. The number of benzene rings is 1. The van der Waals surface area contributed by atoms with Crippen LogP contribution in [0.3, 0.4) is 0 Å². The molecule has 0 aliphatic heterocycles. The van der Waals surface area contributed by atoms with Crippen LogP contribution in [-0.4, -0.2) is 17.0 Å². The molecule has 1 atom stereocenters. The fourth-order valence-corrected chi connectivity index (χ4v) is 1.97. The number of carbonyl (C=O) groups is 1. The zero-order chi connectivity index (χ0) is 14.6. The van der Waals surface area contributed by atoms with Crippen molar-refractivity contribution >= 4 is 29.0 Å². The van der Waals surface area contributed by atoms with Crippen LogP contribution in [0.1, 0.15) is 19.4 Å². The third kappa shape index (κ3) is 3.61. The number of hydrogen-bond donors (Lipinski definition) is 3. The van der Waals surface area contributed by atoms with E-state index in [1.165, 1.54) is 0 Å². The zero-order valence-corrected chi connectivity index (χ0v) is 11.9. The molecule has 0 heterocycles. The van der Waals surface area contributed by atoms with Gasteiger partial charge in [-0.15, -0.1) is 0 Å². The summed E-state index contributed by atoms with van der Waals surface area (Å²) in [7, 11) is 0. The molecule has 0 radical (unpaired) electrons. The topological polar surface area (TPSA) is 87.7 Å². The number of nitrogens with one attached hydrogen (secondary N) is 1. The molecule has 1 rings (SSSR count). The summed E-state index contributed by atoms with van der Waals surface area (Å²) in [4.78, 5) is 12.2. The highest BCUT2D eigenvalue weighted by Gasteiger charge is 2.27. The van der Waals surface area contributed by atoms with Crippen molar-refractivity contribution in [2.75, 3.05) is 5.32 Å². The Morgan fingerprint density at radius 1 is 1.47 bits per heavy atom. The van der Waals surface area contributed by atoms with E-state index in [1.54, 1.807) is 18.2 Å². The lowest BCUT2D eigenvalue weighted by atomic mass is 9.93. The van der Waals surface area contributed by atoms with Gasteiger partial charge in [-0.3, -0.25) is 4.79 Å². The number of halogens is 1. The van der Waals surface area contributed by atoms with Gasteiger partial charge in [-0.2, -0.15) is 0 Å². The Morgan fingerprint density at radius 2 is 2.11 bits per heavy atom. The van der Waals surface area contributed by atoms with Crippen molar-refractivity contribution in [3.8, 4) is 0 Å². The second-order valence-electron chi connectivity index (χ2n) is 4.65. The highest BCUT2D eigenvalue weighted by Crippen LogP contribution is 2.24. The summed E-state index contributed by atoms with van der Waals surface area (Å²) in [5, 5.41) is 15.0. The summed E-state index contributed by atoms with van der Waals surface area (Å²) in [6.07, 6.45) is 0. The van der Waals surface area contributed by atoms with Crippen LogP contribution >= 0.6 is 11.6 Å². The molecule has 0 spiro atoms. The molecule has 0 bridgehead atoms. The van der Waals surface area contributed by atoms with E-state index in [2.05, 4.69) is 10.5 Å². The van der Waals surface area contributed by atoms with Crippen LogP contribution in [0.25, 0.3) is 0 Å². The number of hydrogen-bond acceptors (Lipinski definition) is 3. The van der Waals surface area contributed by atoms with Crippen LogP contribution in [0.5, 0.6) is 0 Å². The first-order valence-corrected chi connectivity index (χ1v) is 6.29. The van der Waals surface area contributed by atoms with Crippen molar-refractivity contribution in [3.05, 3.63) is 28.8 Å². The Kier molecular flexibility index (Phi) is 5.18. The minimum Gasteiger partial charge on any atom is -0.409 e. The van der Waals surface area contributed by atoms with Gasteiger partial charge in [0.25, 0.3) is 0 Å². The first-order chi connectivity index (χ1) is 8.88. The van der Waals surface area contributed by atoms with Gasteiger partial charge >= 0.3 is 0 Å². The lowest BCUT2D eigenvalue weighted by molar-refractivity contribution is -0.119. The van der Waals surface area contributed by atoms with Gasteiger partial charge in [0.2, 0.25) is 5.91 Å². The fraction of sp³-hybridized carbons (Fsp3) is 0.385. The smallest absolute Gasteiger partial charge is 0.235 e. The van der Waals surface area contributed by atoms with E-state index in [0.717, 1.165) is 5.56 Å². The van der Waals surface area contributed by atoms with E-state index in [-0.39, 0.29) is 17.7 Å². The van der Waals surface area contributed by atoms with E-state index in [1.807, 2.05) is 20.8 Å². The molecular formula is C13H18ClN3O2. The molecule has 0 aliphatic rings. The van der Waals surface area contributed by atoms with Crippen LogP contribution in [0.15, 0.2) is 23.4 Å². The van der Waals surface area contributed by atoms with Gasteiger partial charge in [-0.05, 0) is 30.5 Å². The number of nitrogens with zero attached hydrogens (tertiary/aromatic N) is 1. The van der Waals surface area contributed by atoms with Crippen LogP contribution < -0.4 is 11.1 Å². The molecule has 0 aromatic heterocycles. The summed E-state index contributed by atoms with van der Waals surface area (Å²) in [6, 6.07) is 5.25. The second-order valence-corrected chi connectivity index (χ2v) is 5.06. The standard InChI is InChI=1S/C13H18ClN3O2/c1-7(2)11(12(15)17-19)13(18)16-10-6-4-5-9(14)8(10)3/h4-7,11,19H,1-3H3,(H2,15,17)(H,16,18). The van der Waals surface area contributed by atoms with Crippen LogP contribution in [0.2, 0.25) is 5.02 Å². The number of nitrogens with two attached hydrogens (primary N) is 1. The number of anilines is 1. The fourth-order valence-electron chi connectivity index (χ4n) is 1.79. The van der Waals surface area contributed by atoms with Crippen molar-refractivity contribution in [1.29, 1.82) is 0 Å². The van der Waals surface area contributed by atoms with Gasteiger partial charge < -0.3 is 16.3 Å². The predicted octanol–water partition coefficient (Wildman–Crippen LogP) is 2.61. The Bertz CT molecular complexity index is 501. The molecule has 0 aliphatic carbocycles. The average molecular weight is 284 g/mol. The number of rotatable bonds is 4. The molecule has 5 nitrogen and oxygen atoms in total. The molecule has 0 fully saturated rings. The molecule has 6 heteroatoms. The lowest BCUT2D eigenvalue weighted by Crippen LogP contribution is -2.38. The monoisotopic (exact) mass is 283 g/mol.